The average molecular weight is 736 g/mol. The van der Waals surface area contributed by atoms with Gasteiger partial charge < -0.3 is 4.90 Å². The predicted molar refractivity (Wildman–Crippen MR) is 241 cm³/mol. The topological polar surface area (TPSA) is 3.24 Å². The Morgan fingerprint density at radius 3 is 1.69 bits per heavy atom. The van der Waals surface area contributed by atoms with Gasteiger partial charge in [0, 0.05) is 51.6 Å². The van der Waals surface area contributed by atoms with Crippen LogP contribution in [0.5, 0.6) is 0 Å². The highest BCUT2D eigenvalue weighted by atomic mass is 32.1. The van der Waals surface area contributed by atoms with E-state index in [1.54, 1.807) is 0 Å². The molecule has 0 saturated carbocycles. The lowest BCUT2D eigenvalue weighted by Gasteiger charge is -2.29. The molecular weight excluding hydrogens is 703 g/mol. The van der Waals surface area contributed by atoms with E-state index in [1.807, 2.05) is 22.7 Å². The minimum absolute atomic E-state index is 1.12. The number of thiophene rings is 2. The van der Waals surface area contributed by atoms with Gasteiger partial charge in [-0.1, -0.05) is 140 Å². The zero-order valence-electron chi connectivity index (χ0n) is 29.8. The van der Waals surface area contributed by atoms with Crippen molar-refractivity contribution in [2.45, 2.75) is 0 Å². The van der Waals surface area contributed by atoms with E-state index in [0.717, 1.165) is 11.4 Å². The Bertz CT molecular complexity index is 3220. The van der Waals surface area contributed by atoms with Crippen LogP contribution in [0, 0.1) is 0 Å². The third-order valence-electron chi connectivity index (χ3n) is 10.9. The maximum atomic E-state index is 2.48. The molecule has 1 nitrogen and oxygen atoms in total. The van der Waals surface area contributed by atoms with Crippen molar-refractivity contribution in [3.63, 3.8) is 0 Å². The van der Waals surface area contributed by atoms with E-state index < -0.39 is 0 Å². The molecule has 0 spiro atoms. The summed E-state index contributed by atoms with van der Waals surface area (Å²) in [6, 6.07) is 73.5. The number of hydrogen-bond acceptors (Lipinski definition) is 3. The lowest BCUT2D eigenvalue weighted by atomic mass is 9.93. The fourth-order valence-corrected chi connectivity index (χ4v) is 10.5. The average Bonchev–Trinajstić information content (AvgIpc) is 3.83. The van der Waals surface area contributed by atoms with Crippen LogP contribution in [0.25, 0.3) is 84.5 Å². The molecule has 9 aromatic carbocycles. The molecule has 0 unspecified atom stereocenters. The first-order valence-corrected chi connectivity index (χ1v) is 20.3. The summed E-state index contributed by atoms with van der Waals surface area (Å²) in [5, 5.41) is 7.69. The number of para-hydroxylation sites is 1. The Hall–Kier alpha value is -6.52. The molecule has 0 aliphatic rings. The van der Waals surface area contributed by atoms with Crippen molar-refractivity contribution in [3.05, 3.63) is 200 Å². The molecular formula is C52H33NS2. The van der Waals surface area contributed by atoms with E-state index in [-0.39, 0.29) is 0 Å². The van der Waals surface area contributed by atoms with Crippen molar-refractivity contribution >= 4 is 90.9 Å². The number of benzene rings is 9. The molecule has 0 radical (unpaired) electrons. The van der Waals surface area contributed by atoms with Gasteiger partial charge in [0.2, 0.25) is 0 Å². The van der Waals surface area contributed by atoms with E-state index in [4.69, 9.17) is 0 Å². The normalized spacial score (nSPS) is 11.6. The molecule has 0 saturated heterocycles. The second kappa shape index (κ2) is 13.1. The van der Waals surface area contributed by atoms with Crippen molar-refractivity contribution < 1.29 is 0 Å². The first kappa shape index (κ1) is 32.0. The van der Waals surface area contributed by atoms with Crippen LogP contribution in [0.15, 0.2) is 200 Å². The van der Waals surface area contributed by atoms with Crippen molar-refractivity contribution in [2.75, 3.05) is 4.90 Å². The molecule has 11 aromatic rings. The SMILES string of the molecule is c1ccc(-c2ccc3ccccc3c2)c(-c2ccc(N(c3ccccc3-c3ccc4sc5ccccc5c4c3)c3cccc4sc5ccccc5c34)cc2)c1. The summed E-state index contributed by atoms with van der Waals surface area (Å²) in [6.45, 7) is 0. The predicted octanol–water partition coefficient (Wildman–Crippen LogP) is 16.0. The molecule has 0 atom stereocenters. The van der Waals surface area contributed by atoms with Gasteiger partial charge in [-0.2, -0.15) is 0 Å². The summed E-state index contributed by atoms with van der Waals surface area (Å²) in [5.41, 5.74) is 10.7. The van der Waals surface area contributed by atoms with Crippen LogP contribution in [0.3, 0.4) is 0 Å². The van der Waals surface area contributed by atoms with E-state index >= 15 is 0 Å². The van der Waals surface area contributed by atoms with Crippen molar-refractivity contribution in [2.24, 2.45) is 0 Å². The molecule has 0 bridgehead atoms. The van der Waals surface area contributed by atoms with E-state index in [1.165, 1.54) is 90.2 Å². The molecule has 2 heterocycles. The molecule has 11 rings (SSSR count). The number of hydrogen-bond donors (Lipinski definition) is 0. The Kier molecular flexibility index (Phi) is 7.61. The second-order valence-electron chi connectivity index (χ2n) is 14.1. The molecule has 55 heavy (non-hydrogen) atoms. The summed E-state index contributed by atoms with van der Waals surface area (Å²) in [6.07, 6.45) is 0. The van der Waals surface area contributed by atoms with E-state index in [2.05, 4.69) is 205 Å². The van der Waals surface area contributed by atoms with E-state index in [9.17, 15) is 0 Å². The summed E-state index contributed by atoms with van der Waals surface area (Å²) < 4.78 is 5.22. The van der Waals surface area contributed by atoms with Crippen LogP contribution in [0.1, 0.15) is 0 Å². The van der Waals surface area contributed by atoms with Crippen molar-refractivity contribution in [1.29, 1.82) is 0 Å². The van der Waals surface area contributed by atoms with Crippen LogP contribution in [-0.4, -0.2) is 0 Å². The van der Waals surface area contributed by atoms with Crippen molar-refractivity contribution in [3.8, 4) is 33.4 Å². The van der Waals surface area contributed by atoms with Crippen LogP contribution in [-0.2, 0) is 0 Å². The van der Waals surface area contributed by atoms with Gasteiger partial charge in [0.25, 0.3) is 0 Å². The number of rotatable bonds is 6. The minimum atomic E-state index is 1.12. The van der Waals surface area contributed by atoms with Crippen molar-refractivity contribution in [1.82, 2.24) is 0 Å². The molecule has 2 aromatic heterocycles. The second-order valence-corrected chi connectivity index (χ2v) is 16.2. The molecule has 0 N–H and O–H groups in total. The fraction of sp³-hybridized carbons (Fsp3) is 0. The third-order valence-corrected chi connectivity index (χ3v) is 13.2. The molecule has 0 aliphatic carbocycles. The Labute approximate surface area is 327 Å². The van der Waals surface area contributed by atoms with Gasteiger partial charge in [0.05, 0.1) is 11.4 Å². The quantitative estimate of drug-likeness (QED) is 0.164. The van der Waals surface area contributed by atoms with Gasteiger partial charge >= 0.3 is 0 Å². The smallest absolute Gasteiger partial charge is 0.0555 e. The Morgan fingerprint density at radius 1 is 0.309 bits per heavy atom. The van der Waals surface area contributed by atoms with Gasteiger partial charge in [-0.3, -0.25) is 0 Å². The van der Waals surface area contributed by atoms with Gasteiger partial charge in [0.1, 0.15) is 0 Å². The van der Waals surface area contributed by atoms with Crippen LogP contribution in [0.4, 0.5) is 17.1 Å². The standard InChI is InChI=1S/C52H33NS2/c1-2-13-36-32-37(25-24-34(36)12-1)41-15-4-3-14-40(41)35-26-29-39(30-27-35)53(47-20-11-23-51-52(47)44-18-7-10-22-49(44)55-51)46-19-8-5-16-42(46)38-28-31-50-45(33-38)43-17-6-9-21-48(43)54-50/h1-33H. The number of fused-ring (bicyclic) bond motifs is 7. The largest absolute Gasteiger partial charge is 0.309 e. The Balaban J connectivity index is 1.09. The lowest BCUT2D eigenvalue weighted by molar-refractivity contribution is 1.30. The van der Waals surface area contributed by atoms with Gasteiger partial charge in [-0.25, -0.2) is 0 Å². The highest BCUT2D eigenvalue weighted by molar-refractivity contribution is 7.26. The van der Waals surface area contributed by atoms with Crippen LogP contribution < -0.4 is 4.90 Å². The molecule has 3 heteroatoms. The fourth-order valence-electron chi connectivity index (χ4n) is 8.29. The first-order chi connectivity index (χ1) is 27.3. The monoisotopic (exact) mass is 735 g/mol. The summed E-state index contributed by atoms with van der Waals surface area (Å²) in [5.74, 6) is 0. The zero-order chi connectivity index (χ0) is 36.3. The van der Waals surface area contributed by atoms with Gasteiger partial charge in [-0.15, -0.1) is 22.7 Å². The summed E-state index contributed by atoms with van der Waals surface area (Å²) >= 11 is 3.73. The lowest BCUT2D eigenvalue weighted by Crippen LogP contribution is -2.11. The summed E-state index contributed by atoms with van der Waals surface area (Å²) in [7, 11) is 0. The highest BCUT2D eigenvalue weighted by Crippen LogP contribution is 2.48. The van der Waals surface area contributed by atoms with Gasteiger partial charge in [-0.05, 0) is 99.3 Å². The van der Waals surface area contributed by atoms with Gasteiger partial charge in [0.15, 0.2) is 0 Å². The maximum Gasteiger partial charge on any atom is 0.0555 e. The van der Waals surface area contributed by atoms with Crippen LogP contribution in [0.2, 0.25) is 0 Å². The number of anilines is 3. The number of nitrogens with zero attached hydrogens (tertiary/aromatic N) is 1. The maximum absolute atomic E-state index is 2.48. The molecule has 258 valence electrons. The summed E-state index contributed by atoms with van der Waals surface area (Å²) in [4.78, 5) is 2.48. The van der Waals surface area contributed by atoms with Crippen LogP contribution >= 0.6 is 22.7 Å². The zero-order valence-corrected chi connectivity index (χ0v) is 31.4. The minimum Gasteiger partial charge on any atom is -0.309 e. The molecule has 0 aliphatic heterocycles. The molecule has 0 fully saturated rings. The Morgan fingerprint density at radius 2 is 0.855 bits per heavy atom. The molecule has 0 amide bonds. The first-order valence-electron chi connectivity index (χ1n) is 18.7. The van der Waals surface area contributed by atoms with E-state index in [0.29, 0.717) is 0 Å². The highest BCUT2D eigenvalue weighted by Gasteiger charge is 2.22. The third kappa shape index (κ3) is 5.43.